The number of methoxy groups -OCH3 is 1. The Kier molecular flexibility index (Phi) is 4.00. The molecule has 0 radical (unpaired) electrons. The molecule has 4 heteroatoms. The highest BCUT2D eigenvalue weighted by Gasteiger charge is 2.14. The predicted molar refractivity (Wildman–Crippen MR) is 77.4 cm³/mol. The Hall–Kier alpha value is -1.68. The summed E-state index contributed by atoms with van der Waals surface area (Å²) in [6.07, 6.45) is 0.366. The zero-order valence-corrected chi connectivity index (χ0v) is 12.4. The number of hydrogen-bond acceptors (Lipinski definition) is 4. The fraction of sp³-hybridized carbons (Fsp3) is 0.333. The highest BCUT2D eigenvalue weighted by molar-refractivity contribution is 7.09. The number of nitrogens with zero attached hydrogens (tertiary/aromatic N) is 1. The molecule has 1 aromatic heterocycles. The molecular weight excluding hydrogens is 258 g/mol. The van der Waals surface area contributed by atoms with Crippen LogP contribution in [0.1, 0.15) is 32.2 Å². The van der Waals surface area contributed by atoms with Crippen LogP contribution in [-0.4, -0.2) is 17.9 Å². The summed E-state index contributed by atoms with van der Waals surface area (Å²) in [6, 6.07) is 3.81. The predicted octanol–water partition coefficient (Wildman–Crippen LogP) is 3.50. The molecule has 3 nitrogen and oxygen atoms in total. The van der Waals surface area contributed by atoms with Crippen molar-refractivity contribution < 1.29 is 9.53 Å². The zero-order chi connectivity index (χ0) is 14.0. The molecule has 0 saturated heterocycles. The second-order valence-corrected chi connectivity index (χ2v) is 5.56. The number of aromatic nitrogens is 1. The molecule has 0 amide bonds. The third-order valence-electron chi connectivity index (χ3n) is 3.02. The van der Waals surface area contributed by atoms with E-state index in [9.17, 15) is 4.79 Å². The van der Waals surface area contributed by atoms with Gasteiger partial charge in [-0.05, 0) is 44.0 Å². The van der Waals surface area contributed by atoms with Gasteiger partial charge in [-0.3, -0.25) is 4.79 Å². The van der Waals surface area contributed by atoms with E-state index in [1.807, 2.05) is 38.3 Å². The van der Waals surface area contributed by atoms with Crippen LogP contribution in [0.3, 0.4) is 0 Å². The lowest BCUT2D eigenvalue weighted by Crippen LogP contribution is -2.06. The van der Waals surface area contributed by atoms with E-state index in [-0.39, 0.29) is 5.78 Å². The molecule has 0 aliphatic carbocycles. The van der Waals surface area contributed by atoms with Crippen LogP contribution < -0.4 is 4.74 Å². The largest absolute Gasteiger partial charge is 0.496 e. The quantitative estimate of drug-likeness (QED) is 0.802. The van der Waals surface area contributed by atoms with E-state index in [4.69, 9.17) is 4.74 Å². The standard InChI is InChI=1S/C15H17NO2S/c1-9-6-14(18-4)10(2)5-12(9)13(17)7-15-16-11(3)8-19-15/h5-6,8H,7H2,1-4H3. The average molecular weight is 275 g/mol. The average Bonchev–Trinajstić information content (AvgIpc) is 2.77. The van der Waals surface area contributed by atoms with Crippen LogP contribution in [0.25, 0.3) is 0 Å². The Morgan fingerprint density at radius 2 is 2.00 bits per heavy atom. The molecule has 0 spiro atoms. The van der Waals surface area contributed by atoms with Crippen LogP contribution in [0.2, 0.25) is 0 Å². The first kappa shape index (κ1) is 13.7. The van der Waals surface area contributed by atoms with Crippen molar-refractivity contribution in [2.24, 2.45) is 0 Å². The number of carbonyl (C=O) groups excluding carboxylic acids is 1. The van der Waals surface area contributed by atoms with Gasteiger partial charge in [-0.1, -0.05) is 0 Å². The lowest BCUT2D eigenvalue weighted by atomic mass is 9.99. The molecule has 2 rings (SSSR count). The Bertz CT molecular complexity index is 617. The summed E-state index contributed by atoms with van der Waals surface area (Å²) in [5, 5.41) is 2.84. The van der Waals surface area contributed by atoms with Crippen molar-refractivity contribution >= 4 is 17.1 Å². The SMILES string of the molecule is COc1cc(C)c(C(=O)Cc2nc(C)cs2)cc1C. The van der Waals surface area contributed by atoms with E-state index >= 15 is 0 Å². The summed E-state index contributed by atoms with van der Waals surface area (Å²) in [5.41, 5.74) is 3.65. The van der Waals surface area contributed by atoms with Gasteiger partial charge in [0.25, 0.3) is 0 Å². The fourth-order valence-corrected chi connectivity index (χ4v) is 2.80. The number of hydrogen-bond donors (Lipinski definition) is 0. The number of ether oxygens (including phenoxy) is 1. The van der Waals surface area contributed by atoms with Gasteiger partial charge >= 0.3 is 0 Å². The van der Waals surface area contributed by atoms with Gasteiger partial charge in [0.05, 0.1) is 13.5 Å². The smallest absolute Gasteiger partial charge is 0.169 e. The number of aryl methyl sites for hydroxylation is 3. The van der Waals surface area contributed by atoms with Crippen LogP contribution in [0.4, 0.5) is 0 Å². The van der Waals surface area contributed by atoms with Crippen molar-refractivity contribution in [3.63, 3.8) is 0 Å². The Labute approximate surface area is 117 Å². The lowest BCUT2D eigenvalue weighted by molar-refractivity contribution is 0.0992. The number of Topliss-reactive ketones (excluding diaryl/α,β-unsaturated/α-hetero) is 1. The number of carbonyl (C=O) groups is 1. The molecule has 0 aliphatic rings. The van der Waals surface area contributed by atoms with Gasteiger partial charge in [0.1, 0.15) is 10.8 Å². The molecule has 0 fully saturated rings. The topological polar surface area (TPSA) is 39.2 Å². The first-order valence-corrected chi connectivity index (χ1v) is 6.98. The number of ketones is 1. The lowest BCUT2D eigenvalue weighted by Gasteiger charge is -2.10. The van der Waals surface area contributed by atoms with Crippen LogP contribution in [0, 0.1) is 20.8 Å². The van der Waals surface area contributed by atoms with Gasteiger partial charge in [-0.25, -0.2) is 4.98 Å². The normalized spacial score (nSPS) is 10.5. The minimum absolute atomic E-state index is 0.109. The molecular formula is C15H17NO2S. The van der Waals surface area contributed by atoms with Gasteiger partial charge in [0.15, 0.2) is 5.78 Å². The maximum Gasteiger partial charge on any atom is 0.169 e. The first-order valence-electron chi connectivity index (χ1n) is 6.10. The Morgan fingerprint density at radius 1 is 1.26 bits per heavy atom. The van der Waals surface area contributed by atoms with Gasteiger partial charge in [-0.15, -0.1) is 11.3 Å². The monoisotopic (exact) mass is 275 g/mol. The van der Waals surface area contributed by atoms with Crippen molar-refractivity contribution in [1.29, 1.82) is 0 Å². The zero-order valence-electron chi connectivity index (χ0n) is 11.6. The van der Waals surface area contributed by atoms with E-state index in [1.165, 1.54) is 11.3 Å². The molecule has 0 saturated carbocycles. The van der Waals surface area contributed by atoms with Crippen LogP contribution in [0.5, 0.6) is 5.75 Å². The van der Waals surface area contributed by atoms with E-state index < -0.39 is 0 Å². The molecule has 0 aliphatic heterocycles. The molecule has 100 valence electrons. The molecule has 0 atom stereocenters. The first-order chi connectivity index (χ1) is 9.01. The van der Waals surface area contributed by atoms with Crippen molar-refractivity contribution in [1.82, 2.24) is 4.98 Å². The summed E-state index contributed by atoms with van der Waals surface area (Å²) in [6.45, 7) is 5.82. The molecule has 0 unspecified atom stereocenters. The van der Waals surface area contributed by atoms with Gasteiger partial charge in [-0.2, -0.15) is 0 Å². The molecule has 1 heterocycles. The number of rotatable bonds is 4. The summed E-state index contributed by atoms with van der Waals surface area (Å²) in [5.74, 6) is 0.928. The van der Waals surface area contributed by atoms with E-state index in [1.54, 1.807) is 7.11 Å². The summed E-state index contributed by atoms with van der Waals surface area (Å²) >= 11 is 1.53. The molecule has 1 aromatic carbocycles. The van der Waals surface area contributed by atoms with E-state index in [2.05, 4.69) is 4.98 Å². The summed E-state index contributed by atoms with van der Waals surface area (Å²) in [4.78, 5) is 16.7. The third-order valence-corrected chi connectivity index (χ3v) is 3.99. The molecule has 19 heavy (non-hydrogen) atoms. The molecule has 2 aromatic rings. The Balaban J connectivity index is 2.26. The van der Waals surface area contributed by atoms with Gasteiger partial charge in [0, 0.05) is 16.6 Å². The van der Waals surface area contributed by atoms with Crippen molar-refractivity contribution in [3.05, 3.63) is 44.9 Å². The van der Waals surface area contributed by atoms with E-state index in [0.29, 0.717) is 6.42 Å². The number of benzene rings is 1. The second-order valence-electron chi connectivity index (χ2n) is 4.62. The summed E-state index contributed by atoms with van der Waals surface area (Å²) < 4.78 is 5.26. The maximum atomic E-state index is 12.3. The van der Waals surface area contributed by atoms with E-state index in [0.717, 1.165) is 33.1 Å². The molecule has 0 N–H and O–H groups in total. The van der Waals surface area contributed by atoms with Crippen molar-refractivity contribution in [3.8, 4) is 5.75 Å². The van der Waals surface area contributed by atoms with Gasteiger partial charge in [0.2, 0.25) is 0 Å². The van der Waals surface area contributed by atoms with Crippen LogP contribution in [0.15, 0.2) is 17.5 Å². The summed E-state index contributed by atoms with van der Waals surface area (Å²) in [7, 11) is 1.64. The highest BCUT2D eigenvalue weighted by Crippen LogP contribution is 2.24. The van der Waals surface area contributed by atoms with Crippen molar-refractivity contribution in [2.45, 2.75) is 27.2 Å². The minimum atomic E-state index is 0.109. The van der Waals surface area contributed by atoms with Crippen LogP contribution >= 0.6 is 11.3 Å². The van der Waals surface area contributed by atoms with Crippen molar-refractivity contribution in [2.75, 3.05) is 7.11 Å². The third kappa shape index (κ3) is 3.01. The maximum absolute atomic E-state index is 12.3. The van der Waals surface area contributed by atoms with Gasteiger partial charge < -0.3 is 4.74 Å². The molecule has 0 bridgehead atoms. The fourth-order valence-electron chi connectivity index (χ4n) is 2.03. The highest BCUT2D eigenvalue weighted by atomic mass is 32.1. The Morgan fingerprint density at radius 3 is 2.58 bits per heavy atom. The minimum Gasteiger partial charge on any atom is -0.496 e. The second kappa shape index (κ2) is 5.53. The van der Waals surface area contributed by atoms with Crippen LogP contribution in [-0.2, 0) is 6.42 Å². The number of thiazole rings is 1.